The Morgan fingerprint density at radius 1 is 0.575 bits per heavy atom. The van der Waals surface area contributed by atoms with Crippen LogP contribution in [0.4, 0.5) is 0 Å². The van der Waals surface area contributed by atoms with E-state index in [4.69, 9.17) is 9.47 Å². The molecule has 0 spiro atoms. The van der Waals surface area contributed by atoms with E-state index in [0.717, 1.165) is 51.4 Å². The molecule has 234 valence electrons. The maximum atomic E-state index is 14.0. The Kier molecular flexibility index (Phi) is 17.2. The third kappa shape index (κ3) is 10.9. The maximum absolute atomic E-state index is 14.0. The van der Waals surface area contributed by atoms with Crippen molar-refractivity contribution >= 4 is 23.5 Å². The fourth-order valence-electron chi connectivity index (χ4n) is 5.14. The summed E-state index contributed by atoms with van der Waals surface area (Å²) >= 11 is 0. The van der Waals surface area contributed by atoms with E-state index in [9.17, 15) is 19.2 Å². The molecule has 0 aliphatic carbocycles. The van der Waals surface area contributed by atoms with Crippen molar-refractivity contribution in [2.45, 2.75) is 134 Å². The number of rotatable bonds is 21. The van der Waals surface area contributed by atoms with Gasteiger partial charge in [-0.25, -0.2) is 9.59 Å². The van der Waals surface area contributed by atoms with Gasteiger partial charge in [0.25, 0.3) is 0 Å². The van der Waals surface area contributed by atoms with Crippen molar-refractivity contribution in [2.75, 3.05) is 13.2 Å². The molecule has 0 saturated heterocycles. The molecule has 0 heterocycles. The van der Waals surface area contributed by atoms with E-state index in [1.807, 2.05) is 55.4 Å². The van der Waals surface area contributed by atoms with Crippen LogP contribution < -0.4 is 0 Å². The van der Waals surface area contributed by atoms with Crippen LogP contribution in [-0.4, -0.2) is 36.7 Å². The molecule has 40 heavy (non-hydrogen) atoms. The van der Waals surface area contributed by atoms with Crippen LogP contribution in [0.5, 0.6) is 0 Å². The Morgan fingerprint density at radius 3 is 1.10 bits per heavy atom. The second-order valence-electron chi connectivity index (χ2n) is 13.7. The minimum Gasteiger partial charge on any atom is -0.460 e. The van der Waals surface area contributed by atoms with E-state index in [0.29, 0.717) is 0 Å². The lowest BCUT2D eigenvalue weighted by Gasteiger charge is -2.47. The molecule has 0 N–H and O–H groups in total. The third-order valence-corrected chi connectivity index (χ3v) is 9.87. The summed E-state index contributed by atoms with van der Waals surface area (Å²) < 4.78 is 11.2. The van der Waals surface area contributed by atoms with Gasteiger partial charge in [-0.15, -0.1) is 0 Å². The zero-order valence-corrected chi connectivity index (χ0v) is 28.0. The van der Waals surface area contributed by atoms with Crippen LogP contribution in [0.3, 0.4) is 0 Å². The molecule has 0 bridgehead atoms. The monoisotopic (exact) mass is 566 g/mol. The van der Waals surface area contributed by atoms with Crippen molar-refractivity contribution in [1.82, 2.24) is 0 Å². The predicted molar refractivity (Wildman–Crippen MR) is 163 cm³/mol. The van der Waals surface area contributed by atoms with Crippen molar-refractivity contribution in [1.29, 1.82) is 0 Å². The fraction of sp³-hybridized carbons (Fsp3) is 0.882. The minimum absolute atomic E-state index is 0.0463. The number of carbonyl (C=O) groups is 4. The molecule has 0 amide bonds. The summed E-state index contributed by atoms with van der Waals surface area (Å²) in [7, 11) is 0. The summed E-state index contributed by atoms with van der Waals surface area (Å²) in [4.78, 5) is 54.6. The second kappa shape index (κ2) is 18.0. The lowest BCUT2D eigenvalue weighted by atomic mass is 9.55. The average molecular weight is 567 g/mol. The van der Waals surface area contributed by atoms with E-state index in [-0.39, 0.29) is 36.9 Å². The molecular formula is C34H62O6. The SMILES string of the molecule is CCCCC(CC)COC(=O)C(=O)C(C(C(=O)C(=O)OCC(CC)CCCC)C(C)(C)C(C)C)C(C)(C)C(C)C. The average Bonchev–Trinajstić information content (AvgIpc) is 2.90. The normalized spacial score (nSPS) is 15.4. The highest BCUT2D eigenvalue weighted by atomic mass is 16.5. The van der Waals surface area contributed by atoms with Crippen LogP contribution in [0, 0.1) is 46.3 Å². The molecule has 6 heteroatoms. The lowest BCUT2D eigenvalue weighted by Crippen LogP contribution is -2.53. The summed E-state index contributed by atoms with van der Waals surface area (Å²) in [5, 5.41) is 0. The molecule has 0 aromatic rings. The largest absolute Gasteiger partial charge is 0.460 e. The number of Topliss-reactive ketones (excluding diaryl/α,β-unsaturated/α-hetero) is 2. The Labute approximate surface area is 246 Å². The predicted octanol–water partition coefficient (Wildman–Crippen LogP) is 8.24. The number of carbonyl (C=O) groups excluding carboxylic acids is 4. The number of hydrogen-bond donors (Lipinski definition) is 0. The van der Waals surface area contributed by atoms with Gasteiger partial charge in [-0.3, -0.25) is 9.59 Å². The van der Waals surface area contributed by atoms with Crippen LogP contribution in [0.15, 0.2) is 0 Å². The summed E-state index contributed by atoms with van der Waals surface area (Å²) in [6.45, 7) is 24.2. The summed E-state index contributed by atoms with van der Waals surface area (Å²) in [6.07, 6.45) is 7.74. The molecule has 0 aromatic heterocycles. The standard InChI is InChI=1S/C34H62O6/c1-13-17-19-25(15-3)21-39-31(37)29(35)27(33(9,10)23(5)6)28(34(11,12)24(7)8)30(36)32(38)40-22-26(16-4)20-18-14-2/h23-28H,13-22H2,1-12H3. The maximum Gasteiger partial charge on any atom is 0.374 e. The molecule has 0 aliphatic rings. The lowest BCUT2D eigenvalue weighted by molar-refractivity contribution is -0.168. The Balaban J connectivity index is 6.41. The van der Waals surface area contributed by atoms with Crippen LogP contribution in [0.25, 0.3) is 0 Å². The number of ether oxygens (including phenoxy) is 2. The molecule has 0 radical (unpaired) electrons. The summed E-state index contributed by atoms with van der Waals surface area (Å²) in [6, 6.07) is 0. The number of ketones is 2. The van der Waals surface area contributed by atoms with Crippen LogP contribution in [-0.2, 0) is 28.7 Å². The third-order valence-electron chi connectivity index (χ3n) is 9.87. The van der Waals surface area contributed by atoms with Gasteiger partial charge >= 0.3 is 11.9 Å². The van der Waals surface area contributed by atoms with Gasteiger partial charge < -0.3 is 9.47 Å². The molecule has 4 unspecified atom stereocenters. The molecule has 0 aliphatic heterocycles. The van der Waals surface area contributed by atoms with Crippen LogP contribution in [0.2, 0.25) is 0 Å². The van der Waals surface area contributed by atoms with E-state index in [1.54, 1.807) is 0 Å². The zero-order chi connectivity index (χ0) is 31.3. The Hall–Kier alpha value is -1.72. The van der Waals surface area contributed by atoms with Gasteiger partial charge in [0.15, 0.2) is 0 Å². The molecule has 0 fully saturated rings. The quantitative estimate of drug-likeness (QED) is 0.103. The van der Waals surface area contributed by atoms with Gasteiger partial charge in [0.2, 0.25) is 11.6 Å². The highest BCUT2D eigenvalue weighted by Gasteiger charge is 2.55. The van der Waals surface area contributed by atoms with Crippen molar-refractivity contribution in [3.63, 3.8) is 0 Å². The van der Waals surface area contributed by atoms with E-state index < -0.39 is 46.2 Å². The Bertz CT molecular complexity index is 728. The topological polar surface area (TPSA) is 86.7 Å². The smallest absolute Gasteiger partial charge is 0.374 e. The van der Waals surface area contributed by atoms with E-state index in [2.05, 4.69) is 27.7 Å². The fourth-order valence-corrected chi connectivity index (χ4v) is 5.14. The number of esters is 2. The Morgan fingerprint density at radius 2 is 0.875 bits per heavy atom. The van der Waals surface area contributed by atoms with Crippen molar-refractivity contribution in [2.24, 2.45) is 46.3 Å². The summed E-state index contributed by atoms with van der Waals surface area (Å²) in [5.41, 5.74) is -1.52. The molecule has 0 aromatic carbocycles. The molecule has 6 nitrogen and oxygen atoms in total. The first-order valence-electron chi connectivity index (χ1n) is 16.0. The molecular weight excluding hydrogens is 504 g/mol. The van der Waals surface area contributed by atoms with Crippen molar-refractivity contribution < 1.29 is 28.7 Å². The van der Waals surface area contributed by atoms with Gasteiger partial charge in [-0.2, -0.15) is 0 Å². The van der Waals surface area contributed by atoms with E-state index >= 15 is 0 Å². The number of unbranched alkanes of at least 4 members (excludes halogenated alkanes) is 2. The minimum atomic E-state index is -1.03. The van der Waals surface area contributed by atoms with Crippen LogP contribution in [0.1, 0.15) is 134 Å². The molecule has 0 saturated carbocycles. The summed E-state index contributed by atoms with van der Waals surface area (Å²) in [5.74, 6) is -5.05. The first-order chi connectivity index (χ1) is 18.5. The number of hydrogen-bond acceptors (Lipinski definition) is 6. The molecule has 0 rings (SSSR count). The first kappa shape index (κ1) is 38.3. The van der Waals surface area contributed by atoms with Gasteiger partial charge in [-0.05, 0) is 47.3 Å². The molecule has 4 atom stereocenters. The van der Waals surface area contributed by atoms with Gasteiger partial charge in [-0.1, -0.05) is 122 Å². The first-order valence-corrected chi connectivity index (χ1v) is 16.0. The van der Waals surface area contributed by atoms with Crippen molar-refractivity contribution in [3.8, 4) is 0 Å². The van der Waals surface area contributed by atoms with Crippen molar-refractivity contribution in [3.05, 3.63) is 0 Å². The highest BCUT2D eigenvalue weighted by molar-refractivity contribution is 6.39. The van der Waals surface area contributed by atoms with E-state index in [1.165, 1.54) is 0 Å². The van der Waals surface area contributed by atoms with Gasteiger partial charge in [0.1, 0.15) is 0 Å². The van der Waals surface area contributed by atoms with Gasteiger partial charge in [0, 0.05) is 11.8 Å². The highest BCUT2D eigenvalue weighted by Crippen LogP contribution is 2.49. The van der Waals surface area contributed by atoms with Gasteiger partial charge in [0.05, 0.1) is 13.2 Å². The zero-order valence-electron chi connectivity index (χ0n) is 28.0. The second-order valence-corrected chi connectivity index (χ2v) is 13.7. The van der Waals surface area contributed by atoms with Crippen LogP contribution >= 0.6 is 0 Å².